The smallest absolute Gasteiger partial charge is 0.198 e. The second-order valence-corrected chi connectivity index (χ2v) is 2.38. The number of aldehydes is 1. The fourth-order valence-electron chi connectivity index (χ4n) is 0.596. The summed E-state index contributed by atoms with van der Waals surface area (Å²) in [4.78, 5) is 20.4. The number of Topliss-reactive ketones (excluding diaryl/α,β-unsaturated/α-hetero) is 1. The quantitative estimate of drug-likeness (QED) is 0.448. The third-order valence-electron chi connectivity index (χ3n) is 1.47. The number of rotatable bonds is 4. The van der Waals surface area contributed by atoms with Gasteiger partial charge >= 0.3 is 0 Å². The number of carbonyl (C=O) groups is 2. The van der Waals surface area contributed by atoms with Crippen LogP contribution in [0.2, 0.25) is 0 Å². The largest absolute Gasteiger partial charge is 0.313 e. The summed E-state index contributed by atoms with van der Waals surface area (Å²) in [7, 11) is 0. The van der Waals surface area contributed by atoms with E-state index < -0.39 is 11.3 Å². The summed E-state index contributed by atoms with van der Waals surface area (Å²) in [6.45, 7) is 1.70. The van der Waals surface area contributed by atoms with E-state index in [1.54, 1.807) is 13.0 Å². The molecule has 1 unspecified atom stereocenters. The van der Waals surface area contributed by atoms with E-state index in [2.05, 4.69) is 0 Å². The Kier molecular flexibility index (Phi) is 3.42. The molecule has 0 heterocycles. The fourth-order valence-corrected chi connectivity index (χ4v) is 0.596. The molecule has 60 valence electrons. The summed E-state index contributed by atoms with van der Waals surface area (Å²) in [6, 6.07) is 1.79. The van der Waals surface area contributed by atoms with Crippen LogP contribution in [0.4, 0.5) is 0 Å². The monoisotopic (exact) mass is 154 g/mol. The molecule has 0 aliphatic heterocycles. The number of carbonyl (C=O) groups excluding carboxylic acids is 2. The molecule has 0 aromatic rings. The van der Waals surface area contributed by atoms with E-state index in [9.17, 15) is 9.59 Å². The van der Waals surface area contributed by atoms with Crippen LogP contribution in [0.15, 0.2) is 0 Å². The molecular formula is C7H10N2O2. The van der Waals surface area contributed by atoms with Gasteiger partial charge in [0.25, 0.3) is 0 Å². The van der Waals surface area contributed by atoms with Crippen LogP contribution in [-0.2, 0) is 9.59 Å². The molecule has 0 bridgehead atoms. The third kappa shape index (κ3) is 2.92. The van der Waals surface area contributed by atoms with Crippen molar-refractivity contribution in [3.63, 3.8) is 0 Å². The summed E-state index contributed by atoms with van der Waals surface area (Å²) >= 11 is 0. The Labute approximate surface area is 65.0 Å². The Morgan fingerprint density at radius 1 is 1.82 bits per heavy atom. The zero-order chi connectivity index (χ0) is 8.91. The normalized spacial score (nSPS) is 14.6. The van der Waals surface area contributed by atoms with Crippen LogP contribution in [0.5, 0.6) is 0 Å². The molecular weight excluding hydrogens is 144 g/mol. The van der Waals surface area contributed by atoms with Gasteiger partial charge in [-0.1, -0.05) is 6.92 Å². The first-order valence-corrected chi connectivity index (χ1v) is 3.26. The lowest BCUT2D eigenvalue weighted by molar-refractivity contribution is -0.130. The molecule has 0 aliphatic carbocycles. The number of ketones is 1. The molecule has 0 spiro atoms. The summed E-state index contributed by atoms with van der Waals surface area (Å²) in [5, 5.41) is 8.49. The second-order valence-electron chi connectivity index (χ2n) is 2.38. The molecule has 0 aliphatic rings. The predicted molar refractivity (Wildman–Crippen MR) is 38.5 cm³/mol. The van der Waals surface area contributed by atoms with Crippen molar-refractivity contribution in [2.24, 2.45) is 5.73 Å². The number of nitriles is 1. The Balaban J connectivity index is 4.22. The van der Waals surface area contributed by atoms with Crippen LogP contribution in [0.25, 0.3) is 0 Å². The Morgan fingerprint density at radius 2 is 2.36 bits per heavy atom. The van der Waals surface area contributed by atoms with E-state index in [-0.39, 0.29) is 12.7 Å². The maximum atomic E-state index is 10.5. The molecule has 4 nitrogen and oxygen atoms in total. The Morgan fingerprint density at radius 3 is 2.64 bits per heavy atom. The molecule has 0 saturated heterocycles. The minimum Gasteiger partial charge on any atom is -0.313 e. The molecule has 11 heavy (non-hydrogen) atoms. The Hall–Kier alpha value is -1.21. The first kappa shape index (κ1) is 9.79. The molecule has 2 N–H and O–H groups in total. The summed E-state index contributed by atoms with van der Waals surface area (Å²) in [5.74, 6) is -0.629. The highest BCUT2D eigenvalue weighted by atomic mass is 16.2. The average Bonchev–Trinajstić information content (AvgIpc) is 2.04. The van der Waals surface area contributed by atoms with Crippen molar-refractivity contribution in [1.82, 2.24) is 0 Å². The minimum atomic E-state index is -1.17. The fraction of sp³-hybridized carbons (Fsp3) is 0.571. The summed E-state index contributed by atoms with van der Waals surface area (Å²) in [5.41, 5.74) is 4.26. The summed E-state index contributed by atoms with van der Waals surface area (Å²) < 4.78 is 0. The second kappa shape index (κ2) is 3.84. The van der Waals surface area contributed by atoms with Crippen molar-refractivity contribution in [2.75, 3.05) is 0 Å². The van der Waals surface area contributed by atoms with Gasteiger partial charge in [-0.05, 0) is 6.42 Å². The van der Waals surface area contributed by atoms with E-state index in [1.807, 2.05) is 0 Å². The molecule has 0 rings (SSSR count). The summed E-state index contributed by atoms with van der Waals surface area (Å²) in [6.07, 6.45) is 0.362. The van der Waals surface area contributed by atoms with E-state index in [1.165, 1.54) is 0 Å². The van der Waals surface area contributed by atoms with E-state index in [0.717, 1.165) is 0 Å². The molecule has 0 saturated carbocycles. The lowest BCUT2D eigenvalue weighted by atomic mass is 9.93. The van der Waals surface area contributed by atoms with Crippen molar-refractivity contribution in [3.8, 4) is 6.07 Å². The van der Waals surface area contributed by atoms with Crippen molar-refractivity contribution >= 4 is 12.1 Å². The predicted octanol–water partition coefficient (Wildman–Crippen LogP) is -0.224. The van der Waals surface area contributed by atoms with Crippen molar-refractivity contribution in [3.05, 3.63) is 0 Å². The molecule has 0 aromatic carbocycles. The maximum Gasteiger partial charge on any atom is 0.198 e. The lowest BCUT2D eigenvalue weighted by Gasteiger charge is -2.15. The van der Waals surface area contributed by atoms with Gasteiger partial charge in [-0.2, -0.15) is 5.26 Å². The highest BCUT2D eigenvalue weighted by Crippen LogP contribution is 2.09. The standard InChI is InChI=1S/C7H10N2O2/c1-2-7(9,5-8)3-6(11)4-10/h4H,2-3,9H2,1H3. The van der Waals surface area contributed by atoms with Gasteiger partial charge in [-0.15, -0.1) is 0 Å². The van der Waals surface area contributed by atoms with Gasteiger partial charge < -0.3 is 5.73 Å². The molecule has 0 radical (unpaired) electrons. The molecule has 1 atom stereocenters. The van der Waals surface area contributed by atoms with Crippen molar-refractivity contribution in [2.45, 2.75) is 25.3 Å². The van der Waals surface area contributed by atoms with Gasteiger partial charge in [-0.25, -0.2) is 0 Å². The first-order valence-electron chi connectivity index (χ1n) is 3.26. The minimum absolute atomic E-state index is 0.189. The van der Waals surface area contributed by atoms with Gasteiger partial charge in [0.05, 0.1) is 6.07 Å². The van der Waals surface area contributed by atoms with Gasteiger partial charge in [0, 0.05) is 6.42 Å². The molecule has 4 heteroatoms. The van der Waals surface area contributed by atoms with Gasteiger partial charge in [0.1, 0.15) is 5.54 Å². The van der Waals surface area contributed by atoms with Gasteiger partial charge in [-0.3, -0.25) is 9.59 Å². The topological polar surface area (TPSA) is 83.9 Å². The van der Waals surface area contributed by atoms with Crippen LogP contribution in [0, 0.1) is 11.3 Å². The zero-order valence-electron chi connectivity index (χ0n) is 6.33. The number of nitrogens with two attached hydrogens (primary N) is 1. The average molecular weight is 154 g/mol. The maximum absolute atomic E-state index is 10.5. The molecule has 0 amide bonds. The highest BCUT2D eigenvalue weighted by Gasteiger charge is 2.25. The van der Waals surface area contributed by atoms with Gasteiger partial charge in [0.2, 0.25) is 0 Å². The highest BCUT2D eigenvalue weighted by molar-refractivity contribution is 6.25. The SMILES string of the molecule is CCC(N)(C#N)CC(=O)C=O. The van der Waals surface area contributed by atoms with E-state index in [0.29, 0.717) is 6.42 Å². The van der Waals surface area contributed by atoms with Crippen LogP contribution >= 0.6 is 0 Å². The number of hydrogen-bond acceptors (Lipinski definition) is 4. The Bertz CT molecular complexity index is 207. The lowest BCUT2D eigenvalue weighted by Crippen LogP contribution is -2.39. The van der Waals surface area contributed by atoms with Crippen molar-refractivity contribution in [1.29, 1.82) is 5.26 Å². The molecule has 0 aromatic heterocycles. The van der Waals surface area contributed by atoms with Crippen LogP contribution < -0.4 is 5.73 Å². The molecule has 0 fully saturated rings. The van der Waals surface area contributed by atoms with Crippen LogP contribution in [0.1, 0.15) is 19.8 Å². The third-order valence-corrected chi connectivity index (χ3v) is 1.47. The first-order chi connectivity index (χ1) is 5.08. The van der Waals surface area contributed by atoms with Crippen molar-refractivity contribution < 1.29 is 9.59 Å². The number of nitrogens with zero attached hydrogens (tertiary/aromatic N) is 1. The van der Waals surface area contributed by atoms with E-state index in [4.69, 9.17) is 11.0 Å². The van der Waals surface area contributed by atoms with Crippen LogP contribution in [0.3, 0.4) is 0 Å². The van der Waals surface area contributed by atoms with Crippen LogP contribution in [-0.4, -0.2) is 17.6 Å². The number of hydrogen-bond donors (Lipinski definition) is 1. The zero-order valence-corrected chi connectivity index (χ0v) is 6.33. The van der Waals surface area contributed by atoms with Gasteiger partial charge in [0.15, 0.2) is 12.1 Å². The van der Waals surface area contributed by atoms with E-state index >= 15 is 0 Å².